The highest BCUT2D eigenvalue weighted by Crippen LogP contribution is 2.31. The van der Waals surface area contributed by atoms with Crippen molar-refractivity contribution in [2.24, 2.45) is 5.92 Å². The number of anilines is 1. The molecule has 0 N–H and O–H groups in total. The fourth-order valence-corrected chi connectivity index (χ4v) is 4.25. The number of methoxy groups -OCH3 is 1. The smallest absolute Gasteiger partial charge is 0.242 e. The van der Waals surface area contributed by atoms with Gasteiger partial charge in [0.2, 0.25) is 11.8 Å². The van der Waals surface area contributed by atoms with E-state index in [-0.39, 0.29) is 24.3 Å². The van der Waals surface area contributed by atoms with E-state index >= 15 is 0 Å². The molecule has 2 aliphatic rings. The van der Waals surface area contributed by atoms with Crippen LogP contribution in [0, 0.1) is 5.92 Å². The molecule has 1 aliphatic heterocycles. The summed E-state index contributed by atoms with van der Waals surface area (Å²) in [6.07, 6.45) is 3.39. The topological polar surface area (TPSA) is 92.0 Å². The van der Waals surface area contributed by atoms with Crippen molar-refractivity contribution in [3.8, 4) is 17.0 Å². The summed E-state index contributed by atoms with van der Waals surface area (Å²) in [5.41, 5.74) is 1.77. The number of amides is 2. The number of carbonyl (C=O) groups excluding carboxylic acids is 2. The minimum absolute atomic E-state index is 0.0360. The first-order chi connectivity index (χ1) is 17.1. The van der Waals surface area contributed by atoms with E-state index in [9.17, 15) is 9.59 Å². The summed E-state index contributed by atoms with van der Waals surface area (Å²) in [6, 6.07) is 15.2. The van der Waals surface area contributed by atoms with Gasteiger partial charge < -0.3 is 23.9 Å². The maximum absolute atomic E-state index is 13.0. The van der Waals surface area contributed by atoms with Gasteiger partial charge in [-0.05, 0) is 61.4 Å². The number of piperazine rings is 1. The predicted octanol–water partition coefficient (Wildman–Crippen LogP) is 2.83. The van der Waals surface area contributed by atoms with Crippen molar-refractivity contribution in [3.05, 3.63) is 60.6 Å². The van der Waals surface area contributed by atoms with Crippen LogP contribution < -0.4 is 9.64 Å². The Balaban J connectivity index is 1.16. The first-order valence-electron chi connectivity index (χ1n) is 11.9. The van der Waals surface area contributed by atoms with Crippen LogP contribution in [0.4, 0.5) is 5.82 Å². The Kier molecular flexibility index (Phi) is 6.65. The second-order valence-corrected chi connectivity index (χ2v) is 8.92. The molecule has 0 unspecified atom stereocenters. The molecular formula is C26H29N5O4. The summed E-state index contributed by atoms with van der Waals surface area (Å²) in [4.78, 5) is 31.3. The summed E-state index contributed by atoms with van der Waals surface area (Å²) < 4.78 is 10.6. The molecule has 3 heterocycles. The number of carbonyl (C=O) groups is 2. The van der Waals surface area contributed by atoms with Crippen LogP contribution in [0.15, 0.2) is 59.2 Å². The number of ether oxygens (including phenoxy) is 1. The molecule has 1 saturated heterocycles. The predicted molar refractivity (Wildman–Crippen MR) is 130 cm³/mol. The quantitative estimate of drug-likeness (QED) is 0.495. The zero-order chi connectivity index (χ0) is 24.2. The van der Waals surface area contributed by atoms with Gasteiger partial charge in [-0.1, -0.05) is 0 Å². The molecule has 9 heteroatoms. The van der Waals surface area contributed by atoms with Crippen molar-refractivity contribution in [3.63, 3.8) is 0 Å². The molecule has 0 radical (unpaired) electrons. The molecule has 1 aromatic carbocycles. The molecule has 0 spiro atoms. The third-order valence-electron chi connectivity index (χ3n) is 6.48. The monoisotopic (exact) mass is 475 g/mol. The van der Waals surface area contributed by atoms with Crippen LogP contribution in [-0.4, -0.2) is 71.6 Å². The standard InChI is InChI=1S/C26H29N5O4/c1-34-21-8-6-19(7-9-21)23-10-11-24(28-27-23)29-12-14-30(15-13-29)25(32)18-31(26(33)20-4-5-20)17-22-3-2-16-35-22/h2-3,6-11,16,20H,4-5,12-15,17-18H2,1H3. The third-order valence-corrected chi connectivity index (χ3v) is 6.48. The number of nitrogens with zero attached hydrogens (tertiary/aromatic N) is 5. The molecule has 2 amide bonds. The molecule has 1 aliphatic carbocycles. The van der Waals surface area contributed by atoms with Gasteiger partial charge in [0.05, 0.1) is 25.6 Å². The Morgan fingerprint density at radius 2 is 1.80 bits per heavy atom. The van der Waals surface area contributed by atoms with Crippen molar-refractivity contribution in [1.82, 2.24) is 20.0 Å². The van der Waals surface area contributed by atoms with E-state index in [1.54, 1.807) is 24.3 Å². The number of rotatable bonds is 8. The van der Waals surface area contributed by atoms with Crippen LogP contribution in [0.5, 0.6) is 5.75 Å². The molecular weight excluding hydrogens is 446 g/mol. The number of benzene rings is 1. The van der Waals surface area contributed by atoms with Gasteiger partial charge >= 0.3 is 0 Å². The average Bonchev–Trinajstić information content (AvgIpc) is 3.64. The van der Waals surface area contributed by atoms with E-state index in [4.69, 9.17) is 9.15 Å². The number of hydrogen-bond acceptors (Lipinski definition) is 7. The molecule has 9 nitrogen and oxygen atoms in total. The summed E-state index contributed by atoms with van der Waals surface area (Å²) in [5.74, 6) is 2.33. The zero-order valence-corrected chi connectivity index (χ0v) is 19.8. The fourth-order valence-electron chi connectivity index (χ4n) is 4.25. The highest BCUT2D eigenvalue weighted by molar-refractivity contribution is 5.87. The van der Waals surface area contributed by atoms with Gasteiger partial charge in [0.25, 0.3) is 0 Å². The van der Waals surface area contributed by atoms with E-state index < -0.39 is 0 Å². The Hall–Kier alpha value is -3.88. The third kappa shape index (κ3) is 5.45. The minimum Gasteiger partial charge on any atom is -0.497 e. The highest BCUT2D eigenvalue weighted by Gasteiger charge is 2.35. The van der Waals surface area contributed by atoms with Crippen molar-refractivity contribution < 1.29 is 18.7 Å². The number of hydrogen-bond donors (Lipinski definition) is 0. The summed E-state index contributed by atoms with van der Waals surface area (Å²) in [7, 11) is 1.64. The molecule has 182 valence electrons. The largest absolute Gasteiger partial charge is 0.497 e. The molecule has 1 saturated carbocycles. The van der Waals surface area contributed by atoms with E-state index in [1.165, 1.54) is 0 Å². The van der Waals surface area contributed by atoms with Gasteiger partial charge in [-0.2, -0.15) is 0 Å². The normalized spacial score (nSPS) is 15.7. The lowest BCUT2D eigenvalue weighted by molar-refractivity contribution is -0.142. The van der Waals surface area contributed by atoms with Crippen molar-refractivity contribution >= 4 is 17.6 Å². The van der Waals surface area contributed by atoms with Gasteiger partial charge in [-0.3, -0.25) is 9.59 Å². The molecule has 5 rings (SSSR count). The lowest BCUT2D eigenvalue weighted by atomic mass is 10.1. The summed E-state index contributed by atoms with van der Waals surface area (Å²) in [5, 5.41) is 8.79. The van der Waals surface area contributed by atoms with Crippen LogP contribution in [0.3, 0.4) is 0 Å². The average molecular weight is 476 g/mol. The summed E-state index contributed by atoms with van der Waals surface area (Å²) >= 11 is 0. The summed E-state index contributed by atoms with van der Waals surface area (Å²) in [6.45, 7) is 2.88. The Labute approximate surface area is 204 Å². The van der Waals surface area contributed by atoms with E-state index in [0.717, 1.165) is 35.7 Å². The molecule has 35 heavy (non-hydrogen) atoms. The molecule has 3 aromatic rings. The minimum atomic E-state index is -0.0360. The van der Waals surface area contributed by atoms with E-state index in [2.05, 4.69) is 15.1 Å². The van der Waals surface area contributed by atoms with Crippen LogP contribution in [0.2, 0.25) is 0 Å². The van der Waals surface area contributed by atoms with Crippen LogP contribution in [-0.2, 0) is 16.1 Å². The molecule has 2 aromatic heterocycles. The van der Waals surface area contributed by atoms with Gasteiger partial charge in [-0.25, -0.2) is 0 Å². The molecule has 0 bridgehead atoms. The Morgan fingerprint density at radius 3 is 2.40 bits per heavy atom. The lowest BCUT2D eigenvalue weighted by Crippen LogP contribution is -2.52. The van der Waals surface area contributed by atoms with Gasteiger partial charge in [0.1, 0.15) is 18.1 Å². The van der Waals surface area contributed by atoms with Crippen molar-refractivity contribution in [2.75, 3.05) is 44.7 Å². The second-order valence-electron chi connectivity index (χ2n) is 8.92. The van der Waals surface area contributed by atoms with E-state index in [0.29, 0.717) is 38.5 Å². The first kappa shape index (κ1) is 22.9. The first-order valence-corrected chi connectivity index (χ1v) is 11.9. The number of furan rings is 1. The van der Waals surface area contributed by atoms with Crippen molar-refractivity contribution in [1.29, 1.82) is 0 Å². The lowest BCUT2D eigenvalue weighted by Gasteiger charge is -2.36. The SMILES string of the molecule is COc1ccc(-c2ccc(N3CCN(C(=O)CN(Cc4ccco4)C(=O)C4CC4)CC3)nn2)cc1. The maximum Gasteiger partial charge on any atom is 0.242 e. The second kappa shape index (κ2) is 10.2. The van der Waals surface area contributed by atoms with Crippen LogP contribution in [0.25, 0.3) is 11.3 Å². The maximum atomic E-state index is 13.0. The van der Waals surface area contributed by atoms with Gasteiger partial charge in [-0.15, -0.1) is 10.2 Å². The van der Waals surface area contributed by atoms with Crippen LogP contribution >= 0.6 is 0 Å². The molecule has 2 fully saturated rings. The zero-order valence-electron chi connectivity index (χ0n) is 19.8. The highest BCUT2D eigenvalue weighted by atomic mass is 16.5. The van der Waals surface area contributed by atoms with Gasteiger partial charge in [0, 0.05) is 37.7 Å². The Morgan fingerprint density at radius 1 is 1.03 bits per heavy atom. The van der Waals surface area contributed by atoms with Crippen molar-refractivity contribution in [2.45, 2.75) is 19.4 Å². The fraction of sp³-hybridized carbons (Fsp3) is 0.385. The van der Waals surface area contributed by atoms with Gasteiger partial charge in [0.15, 0.2) is 5.82 Å². The molecule has 0 atom stereocenters. The van der Waals surface area contributed by atoms with E-state index in [1.807, 2.05) is 47.4 Å². The Bertz CT molecular complexity index is 1140. The van der Waals surface area contributed by atoms with Crippen LogP contribution in [0.1, 0.15) is 18.6 Å². The number of aromatic nitrogens is 2.